The van der Waals surface area contributed by atoms with Gasteiger partial charge in [0.2, 0.25) is 5.91 Å². The molecule has 0 heterocycles. The van der Waals surface area contributed by atoms with Gasteiger partial charge in [0.05, 0.1) is 6.61 Å². The third-order valence-electron chi connectivity index (χ3n) is 1.06. The van der Waals surface area contributed by atoms with Crippen molar-refractivity contribution in [3.8, 4) is 0 Å². The largest absolute Gasteiger partial charge is 0.394 e. The van der Waals surface area contributed by atoms with E-state index in [1.807, 2.05) is 0 Å². The van der Waals surface area contributed by atoms with Gasteiger partial charge in [-0.15, -0.1) is 0 Å². The quantitative estimate of drug-likeness (QED) is 0.342. The second-order valence-electron chi connectivity index (χ2n) is 1.88. The summed E-state index contributed by atoms with van der Waals surface area (Å²) >= 11 is 0. The van der Waals surface area contributed by atoms with E-state index in [0.29, 0.717) is 13.1 Å². The van der Waals surface area contributed by atoms with E-state index in [0.717, 1.165) is 0 Å². The second kappa shape index (κ2) is 5.16. The highest BCUT2D eigenvalue weighted by Gasteiger charge is 2.10. The summed E-state index contributed by atoms with van der Waals surface area (Å²) in [6.07, 6.45) is 0. The predicted octanol–water partition coefficient (Wildman–Crippen LogP) is -2.62. The summed E-state index contributed by atoms with van der Waals surface area (Å²) in [5.74, 6) is -0.559. The molecule has 0 aromatic carbocycles. The van der Waals surface area contributed by atoms with Crippen LogP contribution in [-0.4, -0.2) is 36.8 Å². The summed E-state index contributed by atoms with van der Waals surface area (Å²) in [5, 5.41) is 11.2. The molecule has 0 spiro atoms. The molecule has 0 rings (SSSR count). The Hall–Kier alpha value is -0.650. The molecule has 1 unspecified atom stereocenters. The molecule has 0 saturated heterocycles. The van der Waals surface area contributed by atoms with Crippen LogP contribution in [-0.2, 0) is 4.79 Å². The summed E-state index contributed by atoms with van der Waals surface area (Å²) in [5.41, 5.74) is 10.0. The average molecular weight is 147 g/mol. The Balaban J connectivity index is 3.50. The molecule has 0 saturated carbocycles. The highest BCUT2D eigenvalue weighted by Crippen LogP contribution is 1.76. The van der Waals surface area contributed by atoms with Crippen LogP contribution in [0.3, 0.4) is 0 Å². The number of amides is 1. The summed E-state index contributed by atoms with van der Waals surface area (Å²) in [7, 11) is 0. The number of nitrogens with two attached hydrogens (primary N) is 2. The lowest BCUT2D eigenvalue weighted by atomic mass is 10.3. The Labute approximate surface area is 59.4 Å². The van der Waals surface area contributed by atoms with Gasteiger partial charge in [-0.05, 0) is 0 Å². The number of carbonyl (C=O) groups is 1. The lowest BCUT2D eigenvalue weighted by Crippen LogP contribution is -2.45. The average Bonchev–Trinajstić information content (AvgIpc) is 1.89. The van der Waals surface area contributed by atoms with Gasteiger partial charge in [-0.1, -0.05) is 0 Å². The fraction of sp³-hybridized carbons (Fsp3) is 0.800. The molecule has 1 atom stereocenters. The number of aliphatic hydroxyl groups excluding tert-OH is 1. The summed E-state index contributed by atoms with van der Waals surface area (Å²) in [6.45, 7) is 0.618. The Kier molecular flexibility index (Phi) is 4.82. The zero-order chi connectivity index (χ0) is 7.98. The Morgan fingerprint density at radius 3 is 2.60 bits per heavy atom. The molecular weight excluding hydrogens is 134 g/mol. The first-order valence-electron chi connectivity index (χ1n) is 3.06. The van der Waals surface area contributed by atoms with Gasteiger partial charge in [-0.2, -0.15) is 0 Å². The highest BCUT2D eigenvalue weighted by molar-refractivity contribution is 5.79. The van der Waals surface area contributed by atoms with Crippen molar-refractivity contribution in [3.05, 3.63) is 0 Å². The monoisotopic (exact) mass is 147 g/mol. The number of hydrogen-bond donors (Lipinski definition) is 4. The van der Waals surface area contributed by atoms with Crippen molar-refractivity contribution in [2.24, 2.45) is 11.5 Å². The summed E-state index contributed by atoms with van der Waals surface area (Å²) in [6, 6.07) is -0.663. The maximum Gasteiger partial charge on any atom is 0.236 e. The minimum atomic E-state index is -0.663. The zero-order valence-corrected chi connectivity index (χ0v) is 5.71. The van der Waals surface area contributed by atoms with Crippen LogP contribution in [0.25, 0.3) is 0 Å². The predicted molar refractivity (Wildman–Crippen MR) is 37.1 cm³/mol. The van der Waals surface area contributed by atoms with Crippen molar-refractivity contribution in [3.63, 3.8) is 0 Å². The minimum absolute atomic E-state index is 0.282. The molecule has 0 fully saturated rings. The van der Waals surface area contributed by atoms with Crippen molar-refractivity contribution in [1.29, 1.82) is 0 Å². The van der Waals surface area contributed by atoms with E-state index in [4.69, 9.17) is 16.6 Å². The van der Waals surface area contributed by atoms with E-state index in [1.54, 1.807) is 0 Å². The second-order valence-corrected chi connectivity index (χ2v) is 1.88. The summed E-state index contributed by atoms with van der Waals surface area (Å²) < 4.78 is 0. The van der Waals surface area contributed by atoms with Crippen molar-refractivity contribution in [2.75, 3.05) is 19.7 Å². The fourth-order valence-corrected chi connectivity index (χ4v) is 0.513. The van der Waals surface area contributed by atoms with E-state index < -0.39 is 11.9 Å². The lowest BCUT2D eigenvalue weighted by Gasteiger charge is -2.10. The number of rotatable bonds is 5. The molecule has 0 bridgehead atoms. The number of nitrogens with one attached hydrogen (secondary N) is 1. The Morgan fingerprint density at radius 2 is 2.30 bits per heavy atom. The first-order valence-corrected chi connectivity index (χ1v) is 3.06. The Morgan fingerprint density at radius 1 is 1.70 bits per heavy atom. The van der Waals surface area contributed by atoms with Crippen LogP contribution in [0.5, 0.6) is 0 Å². The van der Waals surface area contributed by atoms with Crippen LogP contribution in [0.4, 0.5) is 0 Å². The van der Waals surface area contributed by atoms with Gasteiger partial charge in [0.15, 0.2) is 0 Å². The molecule has 5 heteroatoms. The van der Waals surface area contributed by atoms with E-state index in [2.05, 4.69) is 5.32 Å². The van der Waals surface area contributed by atoms with Crippen LogP contribution >= 0.6 is 0 Å². The first kappa shape index (κ1) is 9.35. The normalized spacial score (nSPS) is 13.0. The van der Waals surface area contributed by atoms with Gasteiger partial charge in [-0.25, -0.2) is 0 Å². The molecule has 0 aromatic rings. The maximum atomic E-state index is 10.4. The zero-order valence-electron chi connectivity index (χ0n) is 5.71. The van der Waals surface area contributed by atoms with Crippen LogP contribution in [0, 0.1) is 0 Å². The van der Waals surface area contributed by atoms with Gasteiger partial charge < -0.3 is 21.9 Å². The van der Waals surface area contributed by atoms with E-state index in [1.165, 1.54) is 0 Å². The molecule has 1 amide bonds. The molecule has 0 aliphatic heterocycles. The maximum absolute atomic E-state index is 10.4. The van der Waals surface area contributed by atoms with Gasteiger partial charge in [0.1, 0.15) is 6.04 Å². The van der Waals surface area contributed by atoms with Crippen molar-refractivity contribution in [1.82, 2.24) is 5.32 Å². The van der Waals surface area contributed by atoms with Crippen molar-refractivity contribution < 1.29 is 9.90 Å². The molecule has 6 N–H and O–H groups in total. The topological polar surface area (TPSA) is 101 Å². The number of hydrogen-bond acceptors (Lipinski definition) is 4. The molecule has 5 nitrogen and oxygen atoms in total. The summed E-state index contributed by atoms with van der Waals surface area (Å²) in [4.78, 5) is 10.4. The molecule has 60 valence electrons. The molecular formula is C5H13N3O2. The lowest BCUT2D eigenvalue weighted by molar-refractivity contribution is -0.120. The Bertz CT molecular complexity index is 107. The number of carbonyl (C=O) groups excluding carboxylic acids is 1. The van der Waals surface area contributed by atoms with Crippen LogP contribution in [0.2, 0.25) is 0 Å². The molecule has 0 aliphatic carbocycles. The third-order valence-corrected chi connectivity index (χ3v) is 1.06. The number of primary amides is 1. The molecule has 0 aromatic heterocycles. The van der Waals surface area contributed by atoms with Gasteiger partial charge in [0, 0.05) is 13.1 Å². The van der Waals surface area contributed by atoms with Gasteiger partial charge >= 0.3 is 0 Å². The first-order chi connectivity index (χ1) is 4.72. The van der Waals surface area contributed by atoms with Gasteiger partial charge in [0.25, 0.3) is 0 Å². The van der Waals surface area contributed by atoms with Crippen molar-refractivity contribution >= 4 is 5.91 Å². The SMILES string of the molecule is NCCNC(CO)C(N)=O. The van der Waals surface area contributed by atoms with Crippen molar-refractivity contribution in [2.45, 2.75) is 6.04 Å². The van der Waals surface area contributed by atoms with Crippen LogP contribution < -0.4 is 16.8 Å². The molecule has 10 heavy (non-hydrogen) atoms. The van der Waals surface area contributed by atoms with Gasteiger partial charge in [-0.3, -0.25) is 4.79 Å². The smallest absolute Gasteiger partial charge is 0.236 e. The minimum Gasteiger partial charge on any atom is -0.394 e. The standard InChI is InChI=1S/C5H13N3O2/c6-1-2-8-4(3-9)5(7)10/h4,8-9H,1-3,6H2,(H2,7,10). The van der Waals surface area contributed by atoms with E-state index >= 15 is 0 Å². The number of aliphatic hydroxyl groups is 1. The fourth-order valence-electron chi connectivity index (χ4n) is 0.513. The third kappa shape index (κ3) is 3.39. The van der Waals surface area contributed by atoms with Crippen LogP contribution in [0.15, 0.2) is 0 Å². The molecule has 0 aliphatic rings. The molecule has 0 radical (unpaired) electrons. The highest BCUT2D eigenvalue weighted by atomic mass is 16.3. The van der Waals surface area contributed by atoms with E-state index in [9.17, 15) is 4.79 Å². The van der Waals surface area contributed by atoms with E-state index in [-0.39, 0.29) is 6.61 Å². The van der Waals surface area contributed by atoms with Crippen LogP contribution in [0.1, 0.15) is 0 Å².